The van der Waals surface area contributed by atoms with Gasteiger partial charge in [0.05, 0.1) is 6.04 Å². The van der Waals surface area contributed by atoms with E-state index in [1.807, 2.05) is 25.7 Å². The van der Waals surface area contributed by atoms with E-state index in [4.69, 9.17) is 5.73 Å². The predicted octanol–water partition coefficient (Wildman–Crippen LogP) is 2.01. The van der Waals surface area contributed by atoms with Crippen LogP contribution in [0.3, 0.4) is 0 Å². The first-order valence-corrected chi connectivity index (χ1v) is 6.40. The van der Waals surface area contributed by atoms with Crippen LogP contribution in [0.2, 0.25) is 0 Å². The molecule has 1 heterocycles. The zero-order valence-electron chi connectivity index (χ0n) is 11.1. The molecular formula is C13H26N2O. The van der Waals surface area contributed by atoms with E-state index in [1.165, 1.54) is 6.42 Å². The minimum Gasteiger partial charge on any atom is -0.341 e. The number of likely N-dealkylation sites (tertiary alicyclic amines) is 1. The molecule has 94 valence electrons. The van der Waals surface area contributed by atoms with Gasteiger partial charge in [-0.15, -0.1) is 0 Å². The Morgan fingerprint density at radius 2 is 2.12 bits per heavy atom. The van der Waals surface area contributed by atoms with Crippen LogP contribution in [0, 0.1) is 11.3 Å². The molecule has 1 amide bonds. The Bertz CT molecular complexity index is 245. The summed E-state index contributed by atoms with van der Waals surface area (Å²) in [6.07, 6.45) is 3.54. The average molecular weight is 226 g/mol. The monoisotopic (exact) mass is 226 g/mol. The van der Waals surface area contributed by atoms with E-state index in [2.05, 4.69) is 6.92 Å². The van der Waals surface area contributed by atoms with Crippen molar-refractivity contribution in [2.75, 3.05) is 13.1 Å². The van der Waals surface area contributed by atoms with Crippen LogP contribution in [0.15, 0.2) is 0 Å². The summed E-state index contributed by atoms with van der Waals surface area (Å²) < 4.78 is 0. The Morgan fingerprint density at radius 3 is 2.62 bits per heavy atom. The van der Waals surface area contributed by atoms with Gasteiger partial charge in [0.15, 0.2) is 0 Å². The summed E-state index contributed by atoms with van der Waals surface area (Å²) in [6.45, 7) is 10.1. The normalized spacial score (nSPS) is 24.3. The maximum atomic E-state index is 12.2. The number of hydrogen-bond donors (Lipinski definition) is 1. The summed E-state index contributed by atoms with van der Waals surface area (Å²) in [6, 6.07) is -0.372. The van der Waals surface area contributed by atoms with Crippen LogP contribution in [0.5, 0.6) is 0 Å². The predicted molar refractivity (Wildman–Crippen MR) is 67.0 cm³/mol. The van der Waals surface area contributed by atoms with Crippen molar-refractivity contribution < 1.29 is 4.79 Å². The van der Waals surface area contributed by atoms with Crippen molar-refractivity contribution >= 4 is 5.91 Å². The fraction of sp³-hybridized carbons (Fsp3) is 0.923. The molecule has 0 saturated carbocycles. The van der Waals surface area contributed by atoms with Crippen molar-refractivity contribution in [1.29, 1.82) is 0 Å². The van der Waals surface area contributed by atoms with Gasteiger partial charge in [-0.2, -0.15) is 0 Å². The molecule has 1 aliphatic rings. The quantitative estimate of drug-likeness (QED) is 0.783. The molecule has 3 nitrogen and oxygen atoms in total. The van der Waals surface area contributed by atoms with Gasteiger partial charge in [0, 0.05) is 13.1 Å². The second kappa shape index (κ2) is 5.17. The van der Waals surface area contributed by atoms with Gasteiger partial charge in [-0.1, -0.05) is 34.1 Å². The molecule has 0 aromatic heterocycles. The Labute approximate surface area is 99.4 Å². The number of piperidine rings is 1. The van der Waals surface area contributed by atoms with E-state index in [-0.39, 0.29) is 17.4 Å². The lowest BCUT2D eigenvalue weighted by Crippen LogP contribution is -2.52. The highest BCUT2D eigenvalue weighted by atomic mass is 16.2. The number of rotatable bonds is 2. The summed E-state index contributed by atoms with van der Waals surface area (Å²) >= 11 is 0. The van der Waals surface area contributed by atoms with Crippen LogP contribution >= 0.6 is 0 Å². The first-order valence-electron chi connectivity index (χ1n) is 6.40. The highest BCUT2D eigenvalue weighted by Gasteiger charge is 2.32. The number of carbonyl (C=O) groups is 1. The number of carbonyl (C=O) groups excluding carboxylic acids is 1. The minimum absolute atomic E-state index is 0.130. The number of nitrogens with two attached hydrogens (primary N) is 1. The van der Waals surface area contributed by atoms with E-state index in [0.29, 0.717) is 5.92 Å². The van der Waals surface area contributed by atoms with Crippen molar-refractivity contribution in [2.45, 2.75) is 53.0 Å². The molecule has 0 spiro atoms. The lowest BCUT2D eigenvalue weighted by atomic mass is 9.85. The van der Waals surface area contributed by atoms with Crippen molar-refractivity contribution in [3.05, 3.63) is 0 Å². The third kappa shape index (κ3) is 3.21. The molecule has 0 radical (unpaired) electrons. The molecule has 1 rings (SSSR count). The molecule has 2 atom stereocenters. The van der Waals surface area contributed by atoms with Crippen molar-refractivity contribution in [1.82, 2.24) is 4.90 Å². The van der Waals surface area contributed by atoms with Gasteiger partial charge in [0.1, 0.15) is 0 Å². The summed E-state index contributed by atoms with van der Waals surface area (Å²) in [5, 5.41) is 0. The van der Waals surface area contributed by atoms with Crippen LogP contribution in [0.1, 0.15) is 47.0 Å². The zero-order valence-corrected chi connectivity index (χ0v) is 11.1. The van der Waals surface area contributed by atoms with Crippen LogP contribution in [-0.4, -0.2) is 29.9 Å². The summed E-state index contributed by atoms with van der Waals surface area (Å²) in [7, 11) is 0. The standard InChI is InChI=1S/C13H26N2O/c1-5-10-7-6-8-15(9-10)12(16)11(14)13(2,3)4/h10-11H,5-9,14H2,1-4H3/t10?,11-/m1/s1. The topological polar surface area (TPSA) is 46.3 Å². The summed E-state index contributed by atoms with van der Waals surface area (Å²) in [5.41, 5.74) is 5.88. The van der Waals surface area contributed by atoms with Crippen LogP contribution in [0.4, 0.5) is 0 Å². The van der Waals surface area contributed by atoms with Crippen molar-refractivity contribution in [3.8, 4) is 0 Å². The molecule has 0 aromatic rings. The Kier molecular flexibility index (Phi) is 4.36. The fourth-order valence-electron chi connectivity index (χ4n) is 2.17. The average Bonchev–Trinajstić information content (AvgIpc) is 2.26. The Morgan fingerprint density at radius 1 is 1.50 bits per heavy atom. The molecule has 0 bridgehead atoms. The molecule has 0 aromatic carbocycles. The molecule has 1 aliphatic heterocycles. The van der Waals surface area contributed by atoms with Crippen LogP contribution in [-0.2, 0) is 4.79 Å². The van der Waals surface area contributed by atoms with Gasteiger partial charge >= 0.3 is 0 Å². The molecule has 1 unspecified atom stereocenters. The number of amides is 1. The van der Waals surface area contributed by atoms with Gasteiger partial charge in [-0.25, -0.2) is 0 Å². The van der Waals surface area contributed by atoms with Crippen LogP contribution in [0.25, 0.3) is 0 Å². The van der Waals surface area contributed by atoms with E-state index < -0.39 is 0 Å². The number of hydrogen-bond acceptors (Lipinski definition) is 2. The van der Waals surface area contributed by atoms with E-state index in [0.717, 1.165) is 25.9 Å². The van der Waals surface area contributed by atoms with Gasteiger partial charge in [-0.05, 0) is 24.2 Å². The largest absolute Gasteiger partial charge is 0.341 e. The number of nitrogens with zero attached hydrogens (tertiary/aromatic N) is 1. The smallest absolute Gasteiger partial charge is 0.240 e. The maximum absolute atomic E-state index is 12.2. The molecule has 1 fully saturated rings. The van der Waals surface area contributed by atoms with Crippen molar-refractivity contribution in [2.24, 2.45) is 17.1 Å². The first kappa shape index (κ1) is 13.5. The lowest BCUT2D eigenvalue weighted by Gasteiger charge is -2.37. The van der Waals surface area contributed by atoms with Gasteiger partial charge < -0.3 is 10.6 Å². The minimum atomic E-state index is -0.372. The van der Waals surface area contributed by atoms with Crippen LogP contribution < -0.4 is 5.73 Å². The fourth-order valence-corrected chi connectivity index (χ4v) is 2.17. The van der Waals surface area contributed by atoms with E-state index in [1.54, 1.807) is 0 Å². The lowest BCUT2D eigenvalue weighted by molar-refractivity contribution is -0.136. The molecule has 0 aliphatic carbocycles. The zero-order chi connectivity index (χ0) is 12.3. The Hall–Kier alpha value is -0.570. The van der Waals surface area contributed by atoms with Gasteiger partial charge in [0.2, 0.25) is 5.91 Å². The van der Waals surface area contributed by atoms with Gasteiger partial charge in [0.25, 0.3) is 0 Å². The molecule has 1 saturated heterocycles. The van der Waals surface area contributed by atoms with E-state index >= 15 is 0 Å². The van der Waals surface area contributed by atoms with E-state index in [9.17, 15) is 4.79 Å². The summed E-state index contributed by atoms with van der Waals surface area (Å²) in [4.78, 5) is 14.2. The SMILES string of the molecule is CCC1CCCN(C(=O)[C@@H](N)C(C)(C)C)C1. The molecular weight excluding hydrogens is 200 g/mol. The third-order valence-electron chi connectivity index (χ3n) is 3.61. The Balaban J connectivity index is 2.60. The molecule has 3 heteroatoms. The third-order valence-corrected chi connectivity index (χ3v) is 3.61. The molecule has 16 heavy (non-hydrogen) atoms. The second-order valence-electron chi connectivity index (χ2n) is 6.04. The summed E-state index contributed by atoms with van der Waals surface area (Å²) in [5.74, 6) is 0.801. The highest BCUT2D eigenvalue weighted by molar-refractivity contribution is 5.82. The first-order chi connectivity index (χ1) is 7.36. The van der Waals surface area contributed by atoms with Gasteiger partial charge in [-0.3, -0.25) is 4.79 Å². The van der Waals surface area contributed by atoms with Crippen molar-refractivity contribution in [3.63, 3.8) is 0 Å². The molecule has 2 N–H and O–H groups in total. The highest BCUT2D eigenvalue weighted by Crippen LogP contribution is 2.23. The maximum Gasteiger partial charge on any atom is 0.240 e. The second-order valence-corrected chi connectivity index (χ2v) is 6.04.